The van der Waals surface area contributed by atoms with Crippen molar-refractivity contribution in [3.05, 3.63) is 35.9 Å². The Morgan fingerprint density at radius 3 is 2.61 bits per heavy atom. The van der Waals surface area contributed by atoms with E-state index in [-0.39, 0.29) is 17.7 Å². The van der Waals surface area contributed by atoms with Crippen LogP contribution in [-0.4, -0.2) is 25.1 Å². The lowest BCUT2D eigenvalue weighted by Crippen LogP contribution is -2.45. The van der Waals surface area contributed by atoms with Crippen molar-refractivity contribution in [3.63, 3.8) is 0 Å². The molecular weight excluding hydrogens is 312 g/mol. The van der Waals surface area contributed by atoms with Crippen LogP contribution in [0.25, 0.3) is 0 Å². The van der Waals surface area contributed by atoms with Crippen LogP contribution in [-0.2, 0) is 16.6 Å². The second-order valence-electron chi connectivity index (χ2n) is 7.36. The summed E-state index contributed by atoms with van der Waals surface area (Å²) in [7, 11) is -3.46. The summed E-state index contributed by atoms with van der Waals surface area (Å²) in [5, 5.41) is 12.8. The fourth-order valence-corrected chi connectivity index (χ4v) is 6.26. The molecule has 2 bridgehead atoms. The van der Waals surface area contributed by atoms with Crippen molar-refractivity contribution in [2.45, 2.75) is 39.7 Å². The van der Waals surface area contributed by atoms with Gasteiger partial charge in [-0.25, -0.2) is 13.1 Å². The first-order chi connectivity index (χ1) is 10.8. The smallest absolute Gasteiger partial charge is 0.212 e. The first-order valence-electron chi connectivity index (χ1n) is 8.03. The predicted octanol–water partition coefficient (Wildman–Crippen LogP) is 2.76. The maximum atomic E-state index is 12.6. The molecule has 2 atom stereocenters. The fourth-order valence-electron chi connectivity index (χ4n) is 4.44. The van der Waals surface area contributed by atoms with Crippen molar-refractivity contribution in [2.24, 2.45) is 21.9 Å². The van der Waals surface area contributed by atoms with Crippen LogP contribution in [0.2, 0.25) is 0 Å². The first-order valence-corrected chi connectivity index (χ1v) is 9.69. The van der Waals surface area contributed by atoms with Gasteiger partial charge in [-0.15, -0.1) is 0 Å². The lowest BCUT2D eigenvalue weighted by Gasteiger charge is -2.37. The zero-order valence-corrected chi connectivity index (χ0v) is 14.4. The Balaban J connectivity index is 1.79. The molecule has 0 spiro atoms. The molecule has 0 aliphatic heterocycles. The summed E-state index contributed by atoms with van der Waals surface area (Å²) >= 11 is 0. The van der Waals surface area contributed by atoms with Crippen molar-refractivity contribution in [3.8, 4) is 0 Å². The van der Waals surface area contributed by atoms with Crippen LogP contribution in [0.1, 0.15) is 38.7 Å². The largest absolute Gasteiger partial charge is 0.411 e. The summed E-state index contributed by atoms with van der Waals surface area (Å²) in [6.45, 7) is 4.50. The number of benzene rings is 1. The molecule has 5 nitrogen and oxygen atoms in total. The monoisotopic (exact) mass is 336 g/mol. The molecule has 0 aromatic heterocycles. The molecule has 0 amide bonds. The minimum atomic E-state index is -3.46. The van der Waals surface area contributed by atoms with E-state index in [4.69, 9.17) is 0 Å². The summed E-state index contributed by atoms with van der Waals surface area (Å²) in [5.74, 6) is 0.396. The summed E-state index contributed by atoms with van der Waals surface area (Å²) in [6.07, 6.45) is 2.48. The summed E-state index contributed by atoms with van der Waals surface area (Å²) in [5.41, 5.74) is 0.883. The third-order valence-corrected chi connectivity index (χ3v) is 7.52. The molecule has 2 aliphatic carbocycles. The molecule has 2 N–H and O–H groups in total. The number of nitrogens with one attached hydrogen (secondary N) is 1. The van der Waals surface area contributed by atoms with Gasteiger partial charge in [-0.05, 0) is 36.2 Å². The van der Waals surface area contributed by atoms with E-state index in [1.165, 1.54) is 0 Å². The topological polar surface area (TPSA) is 78.8 Å². The Bertz CT molecular complexity index is 713. The summed E-state index contributed by atoms with van der Waals surface area (Å²) < 4.78 is 28.0. The Hall–Kier alpha value is -1.40. The predicted molar refractivity (Wildman–Crippen MR) is 89.8 cm³/mol. The number of sulfonamides is 1. The SMILES string of the molecule is CC1(C)C2CCC1(CS(=O)(=O)NCc1ccccc1)C(=NO)C2. The highest BCUT2D eigenvalue weighted by atomic mass is 32.2. The molecule has 1 aromatic rings. The average molecular weight is 336 g/mol. The van der Waals surface area contributed by atoms with Gasteiger partial charge in [0.25, 0.3) is 0 Å². The lowest BCUT2D eigenvalue weighted by atomic mass is 9.70. The Labute approximate surface area is 137 Å². The van der Waals surface area contributed by atoms with Crippen molar-refractivity contribution in [1.82, 2.24) is 4.72 Å². The van der Waals surface area contributed by atoms with Gasteiger partial charge in [-0.2, -0.15) is 0 Å². The fraction of sp³-hybridized carbons (Fsp3) is 0.588. The third-order valence-electron chi connectivity index (χ3n) is 6.06. The number of oxime groups is 1. The van der Waals surface area contributed by atoms with Crippen LogP contribution in [0.3, 0.4) is 0 Å². The number of fused-ring (bicyclic) bond motifs is 2. The molecule has 126 valence electrons. The average Bonchev–Trinajstić information content (AvgIpc) is 2.87. The van der Waals surface area contributed by atoms with Crippen molar-refractivity contribution in [1.29, 1.82) is 0 Å². The maximum Gasteiger partial charge on any atom is 0.212 e. The number of hydrogen-bond donors (Lipinski definition) is 2. The van der Waals surface area contributed by atoms with E-state index in [2.05, 4.69) is 23.7 Å². The molecule has 23 heavy (non-hydrogen) atoms. The first kappa shape index (κ1) is 16.5. The highest BCUT2D eigenvalue weighted by Gasteiger charge is 2.64. The van der Waals surface area contributed by atoms with Gasteiger partial charge >= 0.3 is 0 Å². The molecule has 2 saturated carbocycles. The van der Waals surface area contributed by atoms with E-state index in [1.807, 2.05) is 30.3 Å². The standard InChI is InChI=1S/C17H24N2O3S/c1-16(2)14-8-9-17(16,15(10-14)19-20)12-23(21,22)18-11-13-6-4-3-5-7-13/h3-7,14,18,20H,8-12H2,1-2H3. The number of nitrogens with zero attached hydrogens (tertiary/aromatic N) is 1. The molecule has 0 radical (unpaired) electrons. The van der Waals surface area contributed by atoms with Crippen molar-refractivity contribution >= 4 is 15.7 Å². The second kappa shape index (κ2) is 5.60. The van der Waals surface area contributed by atoms with Gasteiger partial charge in [0.1, 0.15) is 0 Å². The molecule has 2 unspecified atom stereocenters. The van der Waals surface area contributed by atoms with Crippen LogP contribution in [0.4, 0.5) is 0 Å². The summed E-state index contributed by atoms with van der Waals surface area (Å²) in [6, 6.07) is 9.47. The van der Waals surface area contributed by atoms with E-state index in [0.717, 1.165) is 18.4 Å². The summed E-state index contributed by atoms with van der Waals surface area (Å²) in [4.78, 5) is 0. The van der Waals surface area contributed by atoms with Gasteiger partial charge in [0.05, 0.1) is 11.5 Å². The van der Waals surface area contributed by atoms with E-state index in [0.29, 0.717) is 18.1 Å². The zero-order chi connectivity index (χ0) is 16.7. The van der Waals surface area contributed by atoms with E-state index in [9.17, 15) is 13.6 Å². The van der Waals surface area contributed by atoms with Crippen LogP contribution in [0, 0.1) is 16.7 Å². The van der Waals surface area contributed by atoms with E-state index in [1.54, 1.807) is 0 Å². The number of hydrogen-bond acceptors (Lipinski definition) is 4. The Morgan fingerprint density at radius 1 is 1.30 bits per heavy atom. The van der Waals surface area contributed by atoms with Crippen LogP contribution < -0.4 is 4.72 Å². The van der Waals surface area contributed by atoms with Gasteiger partial charge in [-0.1, -0.05) is 49.3 Å². The molecule has 0 saturated heterocycles. The molecule has 3 rings (SSSR count). The number of rotatable bonds is 5. The molecular formula is C17H24N2O3S. The van der Waals surface area contributed by atoms with Gasteiger partial charge < -0.3 is 5.21 Å². The highest BCUT2D eigenvalue weighted by molar-refractivity contribution is 7.89. The van der Waals surface area contributed by atoms with Crippen LogP contribution in [0.5, 0.6) is 0 Å². The third kappa shape index (κ3) is 2.68. The van der Waals surface area contributed by atoms with Gasteiger partial charge in [0.15, 0.2) is 0 Å². The lowest BCUT2D eigenvalue weighted by molar-refractivity contribution is 0.192. The zero-order valence-electron chi connectivity index (χ0n) is 13.6. The minimum Gasteiger partial charge on any atom is -0.411 e. The van der Waals surface area contributed by atoms with E-state index < -0.39 is 15.4 Å². The normalized spacial score (nSPS) is 30.9. The van der Waals surface area contributed by atoms with Crippen LogP contribution >= 0.6 is 0 Å². The van der Waals surface area contributed by atoms with Crippen molar-refractivity contribution < 1.29 is 13.6 Å². The quantitative estimate of drug-likeness (QED) is 0.641. The Morgan fingerprint density at radius 2 is 2.00 bits per heavy atom. The Kier molecular flexibility index (Phi) is 4.01. The molecule has 2 fully saturated rings. The van der Waals surface area contributed by atoms with Gasteiger partial charge in [-0.3, -0.25) is 0 Å². The molecule has 0 heterocycles. The molecule has 2 aliphatic rings. The minimum absolute atomic E-state index is 0.00424. The maximum absolute atomic E-state index is 12.6. The van der Waals surface area contributed by atoms with E-state index >= 15 is 0 Å². The molecule has 6 heteroatoms. The second-order valence-corrected chi connectivity index (χ2v) is 9.16. The van der Waals surface area contributed by atoms with Crippen LogP contribution in [0.15, 0.2) is 35.5 Å². The van der Waals surface area contributed by atoms with Gasteiger partial charge in [0, 0.05) is 12.0 Å². The highest BCUT2D eigenvalue weighted by Crippen LogP contribution is 2.64. The van der Waals surface area contributed by atoms with Crippen molar-refractivity contribution in [2.75, 3.05) is 5.75 Å². The van der Waals surface area contributed by atoms with Gasteiger partial charge in [0.2, 0.25) is 10.0 Å². The molecule has 1 aromatic carbocycles.